The summed E-state index contributed by atoms with van der Waals surface area (Å²) in [6, 6.07) is 19.2. The van der Waals surface area contributed by atoms with Crippen LogP contribution in [0.15, 0.2) is 76.2 Å². The standard InChI is InChI=1S/C20H17N3O2S/c1-26-15-7-4-6-14(12-15)21-19(24)13-23-17-9-3-2-8-16(17)22-20(23)18-10-5-11-25-18/h2-12H,13H2,1H3,(H,21,24). The molecule has 6 heteroatoms. The summed E-state index contributed by atoms with van der Waals surface area (Å²) in [5.41, 5.74) is 2.51. The van der Waals surface area contributed by atoms with E-state index in [0.717, 1.165) is 21.6 Å². The minimum absolute atomic E-state index is 0.112. The van der Waals surface area contributed by atoms with Gasteiger partial charge in [-0.05, 0) is 48.7 Å². The molecule has 5 nitrogen and oxygen atoms in total. The molecule has 2 aromatic heterocycles. The Kier molecular flexibility index (Phi) is 4.50. The number of carbonyl (C=O) groups excluding carboxylic acids is 1. The number of furan rings is 1. The van der Waals surface area contributed by atoms with Crippen LogP contribution in [0.5, 0.6) is 0 Å². The number of imidazole rings is 1. The first kappa shape index (κ1) is 16.5. The topological polar surface area (TPSA) is 60.1 Å². The highest BCUT2D eigenvalue weighted by atomic mass is 32.2. The van der Waals surface area contributed by atoms with Gasteiger partial charge in [0, 0.05) is 10.6 Å². The Bertz CT molecular complexity index is 1050. The van der Waals surface area contributed by atoms with Crippen molar-refractivity contribution < 1.29 is 9.21 Å². The van der Waals surface area contributed by atoms with Gasteiger partial charge >= 0.3 is 0 Å². The van der Waals surface area contributed by atoms with Gasteiger partial charge in [-0.3, -0.25) is 4.79 Å². The van der Waals surface area contributed by atoms with Crippen molar-refractivity contribution in [1.29, 1.82) is 0 Å². The fourth-order valence-corrected chi connectivity index (χ4v) is 3.33. The van der Waals surface area contributed by atoms with E-state index in [1.54, 1.807) is 18.0 Å². The molecule has 0 fully saturated rings. The number of amides is 1. The van der Waals surface area contributed by atoms with E-state index < -0.39 is 0 Å². The zero-order valence-electron chi connectivity index (χ0n) is 14.2. The Morgan fingerprint density at radius 1 is 1.15 bits per heavy atom. The number of hydrogen-bond acceptors (Lipinski definition) is 4. The Hall–Kier alpha value is -2.99. The molecule has 0 unspecified atom stereocenters. The summed E-state index contributed by atoms with van der Waals surface area (Å²) in [6.07, 6.45) is 3.61. The molecule has 0 spiro atoms. The second-order valence-electron chi connectivity index (χ2n) is 5.77. The third-order valence-corrected chi connectivity index (χ3v) is 4.78. The maximum Gasteiger partial charge on any atom is 0.244 e. The smallest absolute Gasteiger partial charge is 0.244 e. The molecule has 2 heterocycles. The number of aromatic nitrogens is 2. The average Bonchev–Trinajstić information content (AvgIpc) is 3.30. The fourth-order valence-electron chi connectivity index (χ4n) is 2.87. The molecule has 2 aromatic carbocycles. The number of thioether (sulfide) groups is 1. The number of carbonyl (C=O) groups is 1. The lowest BCUT2D eigenvalue weighted by Crippen LogP contribution is -2.19. The van der Waals surface area contributed by atoms with E-state index in [4.69, 9.17) is 4.42 Å². The van der Waals surface area contributed by atoms with Gasteiger partial charge in [-0.15, -0.1) is 11.8 Å². The number of anilines is 1. The lowest BCUT2D eigenvalue weighted by atomic mass is 10.3. The zero-order chi connectivity index (χ0) is 17.9. The minimum Gasteiger partial charge on any atom is -0.461 e. The van der Waals surface area contributed by atoms with E-state index in [9.17, 15) is 4.79 Å². The first-order valence-electron chi connectivity index (χ1n) is 8.17. The number of rotatable bonds is 5. The van der Waals surface area contributed by atoms with E-state index in [0.29, 0.717) is 11.6 Å². The number of para-hydroxylation sites is 2. The van der Waals surface area contributed by atoms with Crippen molar-refractivity contribution in [3.63, 3.8) is 0 Å². The molecule has 0 atom stereocenters. The lowest BCUT2D eigenvalue weighted by molar-refractivity contribution is -0.116. The van der Waals surface area contributed by atoms with Crippen LogP contribution in [0.2, 0.25) is 0 Å². The van der Waals surface area contributed by atoms with Crippen molar-refractivity contribution in [2.75, 3.05) is 11.6 Å². The van der Waals surface area contributed by atoms with Crippen LogP contribution in [0.25, 0.3) is 22.6 Å². The van der Waals surface area contributed by atoms with Crippen LogP contribution >= 0.6 is 11.8 Å². The summed E-state index contributed by atoms with van der Waals surface area (Å²) in [5, 5.41) is 2.96. The van der Waals surface area contributed by atoms with Crippen LogP contribution in [0.4, 0.5) is 5.69 Å². The van der Waals surface area contributed by atoms with E-state index in [2.05, 4.69) is 10.3 Å². The van der Waals surface area contributed by atoms with Crippen molar-refractivity contribution in [3.05, 3.63) is 66.9 Å². The van der Waals surface area contributed by atoms with E-state index in [1.807, 2.05) is 71.5 Å². The maximum atomic E-state index is 12.6. The quantitative estimate of drug-likeness (QED) is 0.524. The molecular weight excluding hydrogens is 346 g/mol. The van der Waals surface area contributed by atoms with Crippen LogP contribution in [0.3, 0.4) is 0 Å². The summed E-state index contributed by atoms with van der Waals surface area (Å²) in [6.45, 7) is 0.153. The molecule has 0 radical (unpaired) electrons. The monoisotopic (exact) mass is 363 g/mol. The molecule has 4 aromatic rings. The SMILES string of the molecule is CSc1cccc(NC(=O)Cn2c(-c3ccco3)nc3ccccc32)c1. The molecule has 1 N–H and O–H groups in total. The third kappa shape index (κ3) is 3.23. The molecule has 0 aliphatic rings. The Balaban J connectivity index is 1.65. The first-order valence-corrected chi connectivity index (χ1v) is 9.40. The number of nitrogens with zero attached hydrogens (tertiary/aromatic N) is 2. The van der Waals surface area contributed by atoms with Crippen molar-refractivity contribution in [2.24, 2.45) is 0 Å². The van der Waals surface area contributed by atoms with Crippen LogP contribution in [0, 0.1) is 0 Å². The molecule has 4 rings (SSSR count). The highest BCUT2D eigenvalue weighted by Gasteiger charge is 2.17. The Morgan fingerprint density at radius 2 is 2.04 bits per heavy atom. The van der Waals surface area contributed by atoms with Gasteiger partial charge < -0.3 is 14.3 Å². The predicted molar refractivity (Wildman–Crippen MR) is 104 cm³/mol. The normalized spacial score (nSPS) is 11.0. The number of fused-ring (bicyclic) bond motifs is 1. The Morgan fingerprint density at radius 3 is 2.85 bits per heavy atom. The summed E-state index contributed by atoms with van der Waals surface area (Å²) in [7, 11) is 0. The highest BCUT2D eigenvalue weighted by molar-refractivity contribution is 7.98. The second-order valence-corrected chi connectivity index (χ2v) is 6.65. The van der Waals surface area contributed by atoms with Gasteiger partial charge in [0.25, 0.3) is 0 Å². The molecular formula is C20H17N3O2S. The largest absolute Gasteiger partial charge is 0.461 e. The van der Waals surface area contributed by atoms with E-state index >= 15 is 0 Å². The van der Waals surface area contributed by atoms with Gasteiger partial charge in [-0.1, -0.05) is 18.2 Å². The van der Waals surface area contributed by atoms with Gasteiger partial charge in [0.15, 0.2) is 11.6 Å². The number of hydrogen-bond donors (Lipinski definition) is 1. The van der Waals surface area contributed by atoms with Crippen molar-refractivity contribution in [2.45, 2.75) is 11.4 Å². The van der Waals surface area contributed by atoms with Gasteiger partial charge in [-0.25, -0.2) is 4.98 Å². The fraction of sp³-hybridized carbons (Fsp3) is 0.100. The van der Waals surface area contributed by atoms with Crippen LogP contribution in [-0.4, -0.2) is 21.7 Å². The second kappa shape index (κ2) is 7.09. The Labute approximate surface area is 155 Å². The van der Waals surface area contributed by atoms with Crippen molar-refractivity contribution in [3.8, 4) is 11.6 Å². The molecule has 26 heavy (non-hydrogen) atoms. The zero-order valence-corrected chi connectivity index (χ0v) is 15.0. The van der Waals surface area contributed by atoms with E-state index in [1.165, 1.54) is 0 Å². The molecule has 1 amide bonds. The van der Waals surface area contributed by atoms with Gasteiger partial charge in [0.2, 0.25) is 5.91 Å². The predicted octanol–water partition coefficient (Wildman–Crippen LogP) is 4.66. The lowest BCUT2D eigenvalue weighted by Gasteiger charge is -2.10. The molecule has 0 bridgehead atoms. The molecule has 0 aliphatic carbocycles. The molecule has 0 aliphatic heterocycles. The van der Waals surface area contributed by atoms with Crippen LogP contribution in [0.1, 0.15) is 0 Å². The number of nitrogens with one attached hydrogen (secondary N) is 1. The summed E-state index contributed by atoms with van der Waals surface area (Å²) in [5.74, 6) is 1.17. The number of benzene rings is 2. The third-order valence-electron chi connectivity index (χ3n) is 4.05. The van der Waals surface area contributed by atoms with Crippen LogP contribution in [-0.2, 0) is 11.3 Å². The average molecular weight is 363 g/mol. The summed E-state index contributed by atoms with van der Waals surface area (Å²) in [4.78, 5) is 18.4. The highest BCUT2D eigenvalue weighted by Crippen LogP contribution is 2.25. The molecule has 130 valence electrons. The van der Waals surface area contributed by atoms with Crippen molar-refractivity contribution >= 4 is 34.4 Å². The van der Waals surface area contributed by atoms with Crippen LogP contribution < -0.4 is 5.32 Å². The molecule has 0 saturated carbocycles. The van der Waals surface area contributed by atoms with Crippen molar-refractivity contribution in [1.82, 2.24) is 9.55 Å². The van der Waals surface area contributed by atoms with Gasteiger partial charge in [-0.2, -0.15) is 0 Å². The minimum atomic E-state index is -0.112. The summed E-state index contributed by atoms with van der Waals surface area (Å²) >= 11 is 1.64. The van der Waals surface area contributed by atoms with Gasteiger partial charge in [0.05, 0.1) is 17.3 Å². The summed E-state index contributed by atoms with van der Waals surface area (Å²) < 4.78 is 7.38. The first-order chi connectivity index (χ1) is 12.7. The maximum absolute atomic E-state index is 12.6. The van der Waals surface area contributed by atoms with Gasteiger partial charge in [0.1, 0.15) is 6.54 Å². The van der Waals surface area contributed by atoms with E-state index in [-0.39, 0.29) is 12.5 Å². The molecule has 0 saturated heterocycles.